The van der Waals surface area contributed by atoms with Gasteiger partial charge in [0.15, 0.2) is 0 Å². The zero-order chi connectivity index (χ0) is 13.7. The van der Waals surface area contributed by atoms with Crippen LogP contribution in [0.4, 0.5) is 5.82 Å². The van der Waals surface area contributed by atoms with Gasteiger partial charge in [-0.15, -0.1) is 0 Å². The monoisotopic (exact) mass is 255 g/mol. The molecule has 0 spiro atoms. The van der Waals surface area contributed by atoms with Gasteiger partial charge in [-0.3, -0.25) is 4.79 Å². The molecular weight excluding hydrogens is 242 g/mol. The molecule has 0 fully saturated rings. The van der Waals surface area contributed by atoms with Gasteiger partial charge in [0.2, 0.25) is 0 Å². The number of anilines is 1. The lowest BCUT2D eigenvalue weighted by atomic mass is 10.3. The van der Waals surface area contributed by atoms with Crippen LogP contribution in [0, 0.1) is 0 Å². The number of hydrogen-bond donors (Lipinski definition) is 1. The number of aromatic nitrogens is 2. The van der Waals surface area contributed by atoms with Crippen molar-refractivity contribution in [2.45, 2.75) is 13.8 Å². The Morgan fingerprint density at radius 1 is 1.28 bits per heavy atom. The number of nitrogen functional groups attached to an aromatic ring is 1. The molecule has 0 unspecified atom stereocenters. The van der Waals surface area contributed by atoms with Crippen molar-refractivity contribution in [1.82, 2.24) is 9.78 Å². The summed E-state index contributed by atoms with van der Waals surface area (Å²) in [5, 5.41) is 3.56. The van der Waals surface area contributed by atoms with Crippen molar-refractivity contribution in [1.29, 1.82) is 0 Å². The SMILES string of the molecule is CCOC(=O)C(=O)n1ncc(C(=O)OCC)c1N. The van der Waals surface area contributed by atoms with Crippen LogP contribution in [0.2, 0.25) is 0 Å². The summed E-state index contributed by atoms with van der Waals surface area (Å²) in [5.74, 6) is -3.13. The third kappa shape index (κ3) is 2.65. The molecule has 0 bridgehead atoms. The van der Waals surface area contributed by atoms with Crippen molar-refractivity contribution in [3.8, 4) is 0 Å². The topological polar surface area (TPSA) is 114 Å². The molecule has 1 heterocycles. The van der Waals surface area contributed by atoms with E-state index in [2.05, 4.69) is 9.84 Å². The number of hydrogen-bond acceptors (Lipinski definition) is 7. The average molecular weight is 255 g/mol. The highest BCUT2D eigenvalue weighted by Gasteiger charge is 2.24. The van der Waals surface area contributed by atoms with Gasteiger partial charge in [0.05, 0.1) is 19.4 Å². The maximum Gasteiger partial charge on any atom is 0.399 e. The van der Waals surface area contributed by atoms with Crippen LogP contribution in [-0.2, 0) is 14.3 Å². The van der Waals surface area contributed by atoms with E-state index in [1.165, 1.54) is 0 Å². The summed E-state index contributed by atoms with van der Waals surface area (Å²) in [6, 6.07) is 0. The maximum atomic E-state index is 11.5. The first kappa shape index (κ1) is 13.7. The predicted octanol–water partition coefficient (Wildman–Crippen LogP) is -0.155. The number of ether oxygens (including phenoxy) is 2. The molecule has 0 amide bonds. The smallest absolute Gasteiger partial charge is 0.399 e. The fourth-order valence-electron chi connectivity index (χ4n) is 1.17. The molecule has 1 aromatic heterocycles. The van der Waals surface area contributed by atoms with Crippen LogP contribution in [0.25, 0.3) is 0 Å². The minimum Gasteiger partial charge on any atom is -0.462 e. The van der Waals surface area contributed by atoms with Crippen molar-refractivity contribution < 1.29 is 23.9 Å². The van der Waals surface area contributed by atoms with Crippen LogP contribution in [-0.4, -0.2) is 40.8 Å². The zero-order valence-electron chi connectivity index (χ0n) is 10.0. The molecule has 1 rings (SSSR count). The minimum absolute atomic E-state index is 0.0521. The van der Waals surface area contributed by atoms with Gasteiger partial charge in [0.1, 0.15) is 11.4 Å². The number of nitrogens with two attached hydrogens (primary N) is 1. The van der Waals surface area contributed by atoms with Gasteiger partial charge in [-0.25, -0.2) is 9.59 Å². The van der Waals surface area contributed by atoms with E-state index in [0.717, 1.165) is 6.20 Å². The summed E-state index contributed by atoms with van der Waals surface area (Å²) < 4.78 is 9.82. The van der Waals surface area contributed by atoms with Gasteiger partial charge < -0.3 is 15.2 Å². The Labute approximate surface area is 103 Å². The van der Waals surface area contributed by atoms with Crippen molar-refractivity contribution in [3.05, 3.63) is 11.8 Å². The molecule has 0 aromatic carbocycles. The van der Waals surface area contributed by atoms with E-state index in [9.17, 15) is 14.4 Å². The zero-order valence-corrected chi connectivity index (χ0v) is 10.0. The van der Waals surface area contributed by atoms with Crippen LogP contribution >= 0.6 is 0 Å². The second-order valence-electron chi connectivity index (χ2n) is 3.10. The van der Waals surface area contributed by atoms with Gasteiger partial charge in [0, 0.05) is 0 Å². The van der Waals surface area contributed by atoms with Gasteiger partial charge in [0.25, 0.3) is 0 Å². The van der Waals surface area contributed by atoms with Crippen molar-refractivity contribution in [2.75, 3.05) is 18.9 Å². The molecule has 0 radical (unpaired) electrons. The molecule has 8 nitrogen and oxygen atoms in total. The standard InChI is InChI=1S/C10H13N3O5/c1-3-17-9(15)6-5-12-13(7(6)11)8(14)10(16)18-4-2/h5H,3-4,11H2,1-2H3. The molecule has 98 valence electrons. The van der Waals surface area contributed by atoms with E-state index in [4.69, 9.17) is 10.5 Å². The lowest BCUT2D eigenvalue weighted by molar-refractivity contribution is -0.138. The Balaban J connectivity index is 2.96. The molecule has 0 saturated carbocycles. The predicted molar refractivity (Wildman–Crippen MR) is 59.9 cm³/mol. The second-order valence-corrected chi connectivity index (χ2v) is 3.10. The van der Waals surface area contributed by atoms with E-state index < -0.39 is 17.8 Å². The van der Waals surface area contributed by atoms with Crippen molar-refractivity contribution in [2.24, 2.45) is 0 Å². The average Bonchev–Trinajstić information content (AvgIpc) is 2.71. The fraction of sp³-hybridized carbons (Fsp3) is 0.400. The molecule has 1 aromatic rings. The van der Waals surface area contributed by atoms with E-state index in [1.54, 1.807) is 13.8 Å². The normalized spacial score (nSPS) is 9.89. The summed E-state index contributed by atoms with van der Waals surface area (Å²) in [4.78, 5) is 34.2. The van der Waals surface area contributed by atoms with Crippen molar-refractivity contribution in [3.63, 3.8) is 0 Å². The van der Waals surface area contributed by atoms with Gasteiger partial charge in [-0.1, -0.05) is 0 Å². The van der Waals surface area contributed by atoms with E-state index in [0.29, 0.717) is 4.68 Å². The summed E-state index contributed by atoms with van der Waals surface area (Å²) in [6.45, 7) is 3.40. The molecule has 0 aliphatic heterocycles. The third-order valence-electron chi connectivity index (χ3n) is 1.94. The van der Waals surface area contributed by atoms with E-state index in [1.807, 2.05) is 0 Å². The van der Waals surface area contributed by atoms with Gasteiger partial charge in [-0.2, -0.15) is 9.78 Å². The Morgan fingerprint density at radius 2 is 1.89 bits per heavy atom. The van der Waals surface area contributed by atoms with Crippen LogP contribution in [0.5, 0.6) is 0 Å². The second kappa shape index (κ2) is 5.80. The molecule has 2 N–H and O–H groups in total. The summed E-state index contributed by atoms with van der Waals surface area (Å²) >= 11 is 0. The molecule has 18 heavy (non-hydrogen) atoms. The van der Waals surface area contributed by atoms with Crippen LogP contribution in [0.3, 0.4) is 0 Å². The van der Waals surface area contributed by atoms with E-state index >= 15 is 0 Å². The highest BCUT2D eigenvalue weighted by atomic mass is 16.5. The Morgan fingerprint density at radius 3 is 2.44 bits per heavy atom. The molecular formula is C10H13N3O5. The highest BCUT2D eigenvalue weighted by Crippen LogP contribution is 2.12. The number of rotatable bonds is 3. The lowest BCUT2D eigenvalue weighted by Gasteiger charge is -2.03. The minimum atomic E-state index is -1.09. The molecule has 8 heteroatoms. The Hall–Kier alpha value is -2.38. The fourth-order valence-corrected chi connectivity index (χ4v) is 1.17. The summed E-state index contributed by atoms with van der Waals surface area (Å²) in [6.07, 6.45) is 1.06. The van der Waals surface area contributed by atoms with Crippen LogP contribution in [0.15, 0.2) is 6.20 Å². The first-order chi connectivity index (χ1) is 8.52. The molecule has 0 atom stereocenters. The van der Waals surface area contributed by atoms with Gasteiger partial charge in [-0.05, 0) is 13.8 Å². The molecule has 0 aliphatic rings. The largest absolute Gasteiger partial charge is 0.462 e. The Bertz CT molecular complexity index is 480. The summed E-state index contributed by atoms with van der Waals surface area (Å²) in [7, 11) is 0. The lowest BCUT2D eigenvalue weighted by Crippen LogP contribution is -2.26. The van der Waals surface area contributed by atoms with Crippen molar-refractivity contribution >= 4 is 23.7 Å². The number of carbonyl (C=O) groups excluding carboxylic acids is 3. The number of nitrogens with zero attached hydrogens (tertiary/aromatic N) is 2. The maximum absolute atomic E-state index is 11.5. The molecule has 0 saturated heterocycles. The van der Waals surface area contributed by atoms with Gasteiger partial charge >= 0.3 is 17.8 Å². The number of esters is 2. The van der Waals surface area contributed by atoms with E-state index in [-0.39, 0.29) is 24.6 Å². The Kier molecular flexibility index (Phi) is 4.41. The van der Waals surface area contributed by atoms with Crippen LogP contribution < -0.4 is 5.73 Å². The molecule has 0 aliphatic carbocycles. The van der Waals surface area contributed by atoms with Crippen LogP contribution in [0.1, 0.15) is 29.0 Å². The highest BCUT2D eigenvalue weighted by molar-refractivity contribution is 6.33. The number of carbonyl (C=O) groups is 3. The third-order valence-corrected chi connectivity index (χ3v) is 1.94. The first-order valence-corrected chi connectivity index (χ1v) is 5.24. The summed E-state index contributed by atoms with van der Waals surface area (Å²) in [5.41, 5.74) is 5.47. The quantitative estimate of drug-likeness (QED) is 0.589. The first-order valence-electron chi connectivity index (χ1n) is 5.24.